The highest BCUT2D eigenvalue weighted by Gasteiger charge is 2.26. The number of H-pyrrole nitrogens is 1. The summed E-state index contributed by atoms with van der Waals surface area (Å²) >= 11 is 1.39. The maximum Gasteiger partial charge on any atom is 0.192 e. The molecule has 0 saturated carbocycles. The molecule has 152 valence electrons. The van der Waals surface area contributed by atoms with Crippen LogP contribution >= 0.6 is 11.8 Å². The Kier molecular flexibility index (Phi) is 6.07. The van der Waals surface area contributed by atoms with Crippen LogP contribution in [0, 0.1) is 20.8 Å². The van der Waals surface area contributed by atoms with Gasteiger partial charge in [-0.2, -0.15) is 0 Å². The van der Waals surface area contributed by atoms with Crippen LogP contribution in [0.2, 0.25) is 0 Å². The van der Waals surface area contributed by atoms with Gasteiger partial charge in [0.05, 0.1) is 10.9 Å². The van der Waals surface area contributed by atoms with E-state index >= 15 is 0 Å². The van der Waals surface area contributed by atoms with E-state index in [1.165, 1.54) is 18.7 Å². The summed E-state index contributed by atoms with van der Waals surface area (Å²) in [5.74, 6) is 0.717. The van der Waals surface area contributed by atoms with E-state index in [0.29, 0.717) is 28.5 Å². The third-order valence-electron chi connectivity index (χ3n) is 5.11. The second-order valence-corrected chi connectivity index (χ2v) is 8.48. The Bertz CT molecular complexity index is 1080. The van der Waals surface area contributed by atoms with Crippen molar-refractivity contribution in [2.24, 2.45) is 0 Å². The quantitative estimate of drug-likeness (QED) is 0.448. The number of benzene rings is 1. The van der Waals surface area contributed by atoms with Gasteiger partial charge in [0.2, 0.25) is 0 Å². The zero-order valence-electron chi connectivity index (χ0n) is 17.7. The summed E-state index contributed by atoms with van der Waals surface area (Å²) in [4.78, 5) is 28.0. The van der Waals surface area contributed by atoms with Crippen LogP contribution < -0.4 is 0 Å². The van der Waals surface area contributed by atoms with Gasteiger partial charge < -0.3 is 9.55 Å². The van der Waals surface area contributed by atoms with Crippen LogP contribution in [0.5, 0.6) is 0 Å². The summed E-state index contributed by atoms with van der Waals surface area (Å²) in [7, 11) is 0. The van der Waals surface area contributed by atoms with Crippen LogP contribution in [-0.4, -0.2) is 36.6 Å². The molecule has 0 saturated heterocycles. The highest BCUT2D eigenvalue weighted by Crippen LogP contribution is 2.30. The summed E-state index contributed by atoms with van der Waals surface area (Å²) in [6, 6.07) is 8.06. The molecule has 0 aliphatic heterocycles. The van der Waals surface area contributed by atoms with Crippen LogP contribution in [0.3, 0.4) is 0 Å². The molecule has 1 atom stereocenters. The Morgan fingerprint density at radius 1 is 1.17 bits per heavy atom. The zero-order chi connectivity index (χ0) is 21.3. The number of hydrogen-bond donors (Lipinski definition) is 1. The minimum absolute atomic E-state index is 0.0378. The standard InChI is InChI=1S/C22H26N4O2S/c1-7-26-21(17-11-9-8-10-12(17)2)24-25-22(26)29-16(6)20(28)19-13(3)18(15(5)27)14(4)23-19/h8-11,16,23H,7H2,1-6H3/t16-/m0/s1. The van der Waals surface area contributed by atoms with Gasteiger partial charge in [-0.25, -0.2) is 0 Å². The Balaban J connectivity index is 1.89. The molecule has 0 fully saturated rings. The van der Waals surface area contributed by atoms with Crippen molar-refractivity contribution in [3.8, 4) is 11.4 Å². The first-order valence-corrected chi connectivity index (χ1v) is 10.5. The maximum atomic E-state index is 13.1. The van der Waals surface area contributed by atoms with Gasteiger partial charge in [-0.15, -0.1) is 10.2 Å². The van der Waals surface area contributed by atoms with Crippen molar-refractivity contribution in [2.75, 3.05) is 0 Å². The lowest BCUT2D eigenvalue weighted by atomic mass is 10.0. The molecule has 0 aliphatic rings. The van der Waals surface area contributed by atoms with Crippen molar-refractivity contribution in [2.45, 2.75) is 58.5 Å². The Morgan fingerprint density at radius 2 is 1.86 bits per heavy atom. The van der Waals surface area contributed by atoms with Crippen LogP contribution in [0.4, 0.5) is 0 Å². The van der Waals surface area contributed by atoms with Crippen molar-refractivity contribution in [3.05, 3.63) is 52.3 Å². The molecule has 3 rings (SSSR count). The van der Waals surface area contributed by atoms with Crippen LogP contribution in [0.1, 0.15) is 58.4 Å². The van der Waals surface area contributed by atoms with Crippen molar-refractivity contribution in [1.29, 1.82) is 0 Å². The number of aromatic nitrogens is 4. The molecule has 2 aromatic heterocycles. The van der Waals surface area contributed by atoms with Crippen molar-refractivity contribution in [1.82, 2.24) is 19.7 Å². The van der Waals surface area contributed by atoms with Crippen LogP contribution in [-0.2, 0) is 6.54 Å². The number of nitrogens with one attached hydrogen (secondary N) is 1. The normalized spacial score (nSPS) is 12.2. The average molecular weight is 411 g/mol. The molecule has 0 spiro atoms. The fourth-order valence-electron chi connectivity index (χ4n) is 3.62. The smallest absolute Gasteiger partial charge is 0.192 e. The van der Waals surface area contributed by atoms with Gasteiger partial charge in [0, 0.05) is 23.4 Å². The molecule has 6 nitrogen and oxygen atoms in total. The fourth-order valence-corrected chi connectivity index (χ4v) is 4.60. The average Bonchev–Trinajstić information content (AvgIpc) is 3.21. The number of aryl methyl sites for hydroxylation is 2. The molecular weight excluding hydrogens is 384 g/mol. The van der Waals surface area contributed by atoms with Gasteiger partial charge in [0.1, 0.15) is 0 Å². The van der Waals surface area contributed by atoms with E-state index in [1.54, 1.807) is 0 Å². The molecule has 7 heteroatoms. The number of thioether (sulfide) groups is 1. The van der Waals surface area contributed by atoms with Crippen molar-refractivity contribution < 1.29 is 9.59 Å². The predicted molar refractivity (Wildman–Crippen MR) is 116 cm³/mol. The monoisotopic (exact) mass is 410 g/mol. The number of rotatable bonds is 7. The Morgan fingerprint density at radius 3 is 2.45 bits per heavy atom. The van der Waals surface area contributed by atoms with Crippen molar-refractivity contribution >= 4 is 23.3 Å². The molecule has 0 radical (unpaired) electrons. The molecule has 1 aromatic carbocycles. The minimum Gasteiger partial charge on any atom is -0.355 e. The van der Waals surface area contributed by atoms with Gasteiger partial charge in [-0.1, -0.05) is 36.0 Å². The predicted octanol–water partition coefficient (Wildman–Crippen LogP) is 4.78. The summed E-state index contributed by atoms with van der Waals surface area (Å²) in [5.41, 5.74) is 4.71. The highest BCUT2D eigenvalue weighted by molar-refractivity contribution is 8.00. The first-order chi connectivity index (χ1) is 13.8. The Hall–Kier alpha value is -2.67. The van der Waals surface area contributed by atoms with E-state index in [-0.39, 0.29) is 16.8 Å². The summed E-state index contributed by atoms with van der Waals surface area (Å²) in [6.07, 6.45) is 0. The first-order valence-electron chi connectivity index (χ1n) is 9.66. The van der Waals surface area contributed by atoms with E-state index < -0.39 is 0 Å². The molecule has 1 N–H and O–H groups in total. The lowest BCUT2D eigenvalue weighted by Gasteiger charge is -2.12. The first kappa shape index (κ1) is 21.0. The largest absolute Gasteiger partial charge is 0.355 e. The number of aromatic amines is 1. The van der Waals surface area contributed by atoms with Crippen molar-refractivity contribution in [3.63, 3.8) is 0 Å². The molecule has 0 bridgehead atoms. The minimum atomic E-state index is -0.370. The van der Waals surface area contributed by atoms with E-state index in [2.05, 4.69) is 15.2 Å². The second-order valence-electron chi connectivity index (χ2n) is 7.17. The van der Waals surface area contributed by atoms with Crippen LogP contribution in [0.15, 0.2) is 29.4 Å². The topological polar surface area (TPSA) is 80.6 Å². The van der Waals surface area contributed by atoms with E-state index in [1.807, 2.05) is 63.5 Å². The number of carbonyl (C=O) groups is 2. The van der Waals surface area contributed by atoms with E-state index in [4.69, 9.17) is 0 Å². The third kappa shape index (κ3) is 3.92. The Labute approximate surface area is 175 Å². The molecule has 2 heterocycles. The third-order valence-corrected chi connectivity index (χ3v) is 6.19. The molecule has 29 heavy (non-hydrogen) atoms. The van der Waals surface area contributed by atoms with Gasteiger partial charge in [0.25, 0.3) is 0 Å². The molecule has 0 amide bonds. The van der Waals surface area contributed by atoms with Gasteiger partial charge >= 0.3 is 0 Å². The van der Waals surface area contributed by atoms with Gasteiger partial charge in [-0.05, 0) is 52.7 Å². The SMILES string of the molecule is CCn1c(S[C@@H](C)C(=O)c2[nH]c(C)c(C(C)=O)c2C)nnc1-c1ccccc1C. The summed E-state index contributed by atoms with van der Waals surface area (Å²) in [5, 5.41) is 9.08. The zero-order valence-corrected chi connectivity index (χ0v) is 18.5. The number of ketones is 2. The lowest BCUT2D eigenvalue weighted by molar-refractivity contribution is 0.0988. The summed E-state index contributed by atoms with van der Waals surface area (Å²) < 4.78 is 2.03. The number of Topliss-reactive ketones (excluding diaryl/α,β-unsaturated/α-hetero) is 2. The molecule has 0 unspecified atom stereocenters. The lowest BCUT2D eigenvalue weighted by Crippen LogP contribution is -2.16. The van der Waals surface area contributed by atoms with E-state index in [9.17, 15) is 9.59 Å². The summed E-state index contributed by atoms with van der Waals surface area (Å²) in [6.45, 7) is 11.8. The molecule has 3 aromatic rings. The fraction of sp³-hybridized carbons (Fsp3) is 0.364. The van der Waals surface area contributed by atoms with E-state index in [0.717, 1.165) is 22.6 Å². The highest BCUT2D eigenvalue weighted by atomic mass is 32.2. The van der Waals surface area contributed by atoms with Crippen LogP contribution in [0.25, 0.3) is 11.4 Å². The molecular formula is C22H26N4O2S. The van der Waals surface area contributed by atoms with Gasteiger partial charge in [0.15, 0.2) is 22.5 Å². The second kappa shape index (κ2) is 8.37. The number of nitrogens with zero attached hydrogens (tertiary/aromatic N) is 3. The maximum absolute atomic E-state index is 13.1. The van der Waals surface area contributed by atoms with Gasteiger partial charge in [-0.3, -0.25) is 9.59 Å². The number of hydrogen-bond acceptors (Lipinski definition) is 5. The number of carbonyl (C=O) groups excluding carboxylic acids is 2. The molecule has 0 aliphatic carbocycles.